The Hall–Kier alpha value is -2.34. The molecule has 0 saturated heterocycles. The third-order valence-electron chi connectivity index (χ3n) is 2.75. The maximum absolute atomic E-state index is 4.24. The number of allylic oxidation sites excluding steroid dienone is 1. The average molecular weight is 221 g/mol. The van der Waals surface area contributed by atoms with Crippen molar-refractivity contribution in [1.29, 1.82) is 0 Å². The maximum atomic E-state index is 4.24. The summed E-state index contributed by atoms with van der Waals surface area (Å²) in [4.78, 5) is 3.96. The van der Waals surface area contributed by atoms with Crippen molar-refractivity contribution in [2.75, 3.05) is 0 Å². The van der Waals surface area contributed by atoms with Crippen molar-refractivity contribution in [1.82, 2.24) is 15.2 Å². The van der Waals surface area contributed by atoms with Gasteiger partial charge >= 0.3 is 0 Å². The largest absolute Gasteiger partial charge is 0.269 e. The maximum Gasteiger partial charge on any atom is 0.112 e. The lowest BCUT2D eigenvalue weighted by Gasteiger charge is -2.01. The summed E-state index contributed by atoms with van der Waals surface area (Å²) >= 11 is 0. The van der Waals surface area contributed by atoms with E-state index in [1.807, 2.05) is 18.2 Å². The summed E-state index contributed by atoms with van der Waals surface area (Å²) in [5.41, 5.74) is 4.15. The van der Waals surface area contributed by atoms with E-state index < -0.39 is 0 Å². The van der Waals surface area contributed by atoms with Gasteiger partial charge in [-0.3, -0.25) is 10.1 Å². The van der Waals surface area contributed by atoms with Crippen molar-refractivity contribution >= 4 is 6.08 Å². The molecule has 1 N–H and O–H groups in total. The number of aromatic amines is 1. The highest BCUT2D eigenvalue weighted by atomic mass is 15.1. The number of pyridine rings is 1. The molecule has 0 aliphatic heterocycles. The van der Waals surface area contributed by atoms with E-state index in [0.717, 1.165) is 29.8 Å². The quantitative estimate of drug-likeness (QED) is 0.693. The standard InChI is InChI=1S/C14H11N3/c1-2-4-13-12(3-1)14(17-16-13)6-5-11-7-9-15-10-8-11/h2,4,7-10H,1,3H2,(H,16,17). The van der Waals surface area contributed by atoms with Gasteiger partial charge in [0.05, 0.1) is 5.69 Å². The van der Waals surface area contributed by atoms with E-state index in [2.05, 4.69) is 33.1 Å². The zero-order valence-corrected chi connectivity index (χ0v) is 9.27. The van der Waals surface area contributed by atoms with Crippen LogP contribution in [0, 0.1) is 11.8 Å². The van der Waals surface area contributed by atoms with Crippen LogP contribution in [0.25, 0.3) is 6.08 Å². The molecule has 2 aromatic rings. The van der Waals surface area contributed by atoms with Crippen LogP contribution in [-0.2, 0) is 6.42 Å². The van der Waals surface area contributed by atoms with Crippen molar-refractivity contribution in [2.24, 2.45) is 0 Å². The molecule has 3 nitrogen and oxygen atoms in total. The molecule has 17 heavy (non-hydrogen) atoms. The lowest BCUT2D eigenvalue weighted by Crippen LogP contribution is -1.92. The Balaban J connectivity index is 1.94. The average Bonchev–Trinajstić information content (AvgIpc) is 2.81. The fraction of sp³-hybridized carbons (Fsp3) is 0.143. The molecule has 3 heteroatoms. The highest BCUT2D eigenvalue weighted by Gasteiger charge is 2.11. The first-order valence-corrected chi connectivity index (χ1v) is 5.59. The van der Waals surface area contributed by atoms with Crippen LogP contribution in [0.15, 0.2) is 30.6 Å². The minimum Gasteiger partial charge on any atom is -0.269 e. The molecule has 1 aliphatic rings. The van der Waals surface area contributed by atoms with Gasteiger partial charge in [0.1, 0.15) is 5.69 Å². The van der Waals surface area contributed by atoms with Gasteiger partial charge in [0.25, 0.3) is 0 Å². The number of aromatic nitrogens is 3. The molecule has 3 rings (SSSR count). The molecule has 1 aliphatic carbocycles. The van der Waals surface area contributed by atoms with E-state index in [9.17, 15) is 0 Å². The molecule has 0 atom stereocenters. The van der Waals surface area contributed by atoms with Crippen LogP contribution in [0.5, 0.6) is 0 Å². The van der Waals surface area contributed by atoms with Crippen molar-refractivity contribution in [3.05, 3.63) is 53.1 Å². The number of rotatable bonds is 0. The smallest absolute Gasteiger partial charge is 0.112 e. The van der Waals surface area contributed by atoms with Crippen LogP contribution in [-0.4, -0.2) is 15.2 Å². The Morgan fingerprint density at radius 1 is 1.18 bits per heavy atom. The highest BCUT2D eigenvalue weighted by Crippen LogP contribution is 2.19. The first-order chi connectivity index (χ1) is 8.43. The van der Waals surface area contributed by atoms with Crippen LogP contribution in [0.2, 0.25) is 0 Å². The number of fused-ring (bicyclic) bond motifs is 1. The first kappa shape index (κ1) is 9.86. The molecular weight excluding hydrogens is 210 g/mol. The predicted octanol–water partition coefficient (Wildman–Crippen LogP) is 2.16. The number of hydrogen-bond acceptors (Lipinski definition) is 2. The molecule has 2 heterocycles. The van der Waals surface area contributed by atoms with E-state index in [1.54, 1.807) is 12.4 Å². The van der Waals surface area contributed by atoms with Gasteiger partial charge in [-0.2, -0.15) is 5.10 Å². The fourth-order valence-corrected chi connectivity index (χ4v) is 1.87. The molecule has 0 bridgehead atoms. The van der Waals surface area contributed by atoms with Crippen LogP contribution < -0.4 is 0 Å². The molecule has 0 aromatic carbocycles. The second kappa shape index (κ2) is 4.26. The molecule has 0 unspecified atom stereocenters. The van der Waals surface area contributed by atoms with Crippen LogP contribution in [0.1, 0.15) is 28.9 Å². The third-order valence-corrected chi connectivity index (χ3v) is 2.75. The van der Waals surface area contributed by atoms with Crippen molar-refractivity contribution in [3.8, 4) is 11.8 Å². The third kappa shape index (κ3) is 1.98. The van der Waals surface area contributed by atoms with Gasteiger partial charge < -0.3 is 0 Å². The van der Waals surface area contributed by atoms with Crippen LogP contribution in [0.4, 0.5) is 0 Å². The molecule has 0 spiro atoms. The summed E-state index contributed by atoms with van der Waals surface area (Å²) in [5.74, 6) is 6.25. The highest BCUT2D eigenvalue weighted by molar-refractivity contribution is 5.56. The Morgan fingerprint density at radius 3 is 2.94 bits per heavy atom. The molecule has 82 valence electrons. The Bertz CT molecular complexity index is 612. The van der Waals surface area contributed by atoms with E-state index in [1.165, 1.54) is 5.56 Å². The minimum absolute atomic E-state index is 0.932. The topological polar surface area (TPSA) is 41.6 Å². The lowest BCUT2D eigenvalue weighted by atomic mass is 10.0. The molecular formula is C14H11N3. The van der Waals surface area contributed by atoms with Crippen LogP contribution in [0.3, 0.4) is 0 Å². The zero-order valence-electron chi connectivity index (χ0n) is 9.27. The normalized spacial score (nSPS) is 12.7. The number of H-pyrrole nitrogens is 1. The van der Waals surface area contributed by atoms with Gasteiger partial charge in [0.15, 0.2) is 0 Å². The zero-order chi connectivity index (χ0) is 11.5. The predicted molar refractivity (Wildman–Crippen MR) is 66.2 cm³/mol. The van der Waals surface area contributed by atoms with Gasteiger partial charge in [-0.25, -0.2) is 0 Å². The Kier molecular flexibility index (Phi) is 2.47. The van der Waals surface area contributed by atoms with Crippen molar-refractivity contribution < 1.29 is 0 Å². The monoisotopic (exact) mass is 221 g/mol. The SMILES string of the molecule is C(#Cc1[nH]nc2c1CCC=C2)c1ccncc1. The van der Waals surface area contributed by atoms with Crippen molar-refractivity contribution in [3.63, 3.8) is 0 Å². The van der Waals surface area contributed by atoms with Crippen molar-refractivity contribution in [2.45, 2.75) is 12.8 Å². The van der Waals surface area contributed by atoms with Gasteiger partial charge in [-0.15, -0.1) is 0 Å². The number of hydrogen-bond donors (Lipinski definition) is 1. The van der Waals surface area contributed by atoms with Gasteiger partial charge in [0.2, 0.25) is 0 Å². The Labute approximate surface area is 99.6 Å². The van der Waals surface area contributed by atoms with E-state index in [0.29, 0.717) is 0 Å². The first-order valence-electron chi connectivity index (χ1n) is 5.59. The summed E-state index contributed by atoms with van der Waals surface area (Å²) in [6.07, 6.45) is 9.76. The Morgan fingerprint density at radius 2 is 2.06 bits per heavy atom. The summed E-state index contributed by atoms with van der Waals surface area (Å²) < 4.78 is 0. The summed E-state index contributed by atoms with van der Waals surface area (Å²) in [7, 11) is 0. The van der Waals surface area contributed by atoms with Gasteiger partial charge in [-0.1, -0.05) is 12.0 Å². The number of nitrogens with one attached hydrogen (secondary N) is 1. The van der Waals surface area contributed by atoms with Gasteiger partial charge in [0, 0.05) is 23.5 Å². The van der Waals surface area contributed by atoms with Gasteiger partial charge in [-0.05, 0) is 37.0 Å². The minimum atomic E-state index is 0.932. The fourth-order valence-electron chi connectivity index (χ4n) is 1.87. The lowest BCUT2D eigenvalue weighted by molar-refractivity contribution is 0.982. The molecule has 2 aromatic heterocycles. The second-order valence-corrected chi connectivity index (χ2v) is 3.89. The molecule has 0 fully saturated rings. The number of nitrogens with zero attached hydrogens (tertiary/aromatic N) is 2. The second-order valence-electron chi connectivity index (χ2n) is 3.89. The van der Waals surface area contributed by atoms with E-state index in [4.69, 9.17) is 0 Å². The van der Waals surface area contributed by atoms with E-state index in [-0.39, 0.29) is 0 Å². The summed E-state index contributed by atoms with van der Waals surface area (Å²) in [5, 5.41) is 7.24. The van der Waals surface area contributed by atoms with E-state index >= 15 is 0 Å². The molecule has 0 amide bonds. The van der Waals surface area contributed by atoms with Crippen LogP contribution >= 0.6 is 0 Å². The summed E-state index contributed by atoms with van der Waals surface area (Å²) in [6.45, 7) is 0. The molecule has 0 saturated carbocycles. The summed E-state index contributed by atoms with van der Waals surface area (Å²) in [6, 6.07) is 3.80. The molecule has 0 radical (unpaired) electrons.